The molecule has 1 heterocycles. The number of hydrogen-bond donors (Lipinski definition) is 1. The summed E-state index contributed by atoms with van der Waals surface area (Å²) in [6.07, 6.45) is 6.50. The molecule has 1 fully saturated rings. The van der Waals surface area contributed by atoms with Gasteiger partial charge in [-0.3, -0.25) is 9.88 Å². The second kappa shape index (κ2) is 7.41. The van der Waals surface area contributed by atoms with Crippen LogP contribution in [0.3, 0.4) is 0 Å². The molecular weight excluding hydrogens is 350 g/mol. The molecule has 1 aromatic heterocycles. The highest BCUT2D eigenvalue weighted by molar-refractivity contribution is 6.36. The highest BCUT2D eigenvalue weighted by Crippen LogP contribution is 2.36. The van der Waals surface area contributed by atoms with Crippen molar-refractivity contribution in [2.24, 2.45) is 5.73 Å². The number of halogens is 1. The van der Waals surface area contributed by atoms with Gasteiger partial charge in [-0.1, -0.05) is 23.7 Å². The van der Waals surface area contributed by atoms with Gasteiger partial charge in [-0.2, -0.15) is 0 Å². The van der Waals surface area contributed by atoms with Crippen molar-refractivity contribution in [3.8, 4) is 0 Å². The fraction of sp³-hybridized carbons (Fsp3) is 0.500. The van der Waals surface area contributed by atoms with Gasteiger partial charge in [-0.25, -0.2) is 4.79 Å². The third-order valence-corrected chi connectivity index (χ3v) is 4.96. The van der Waals surface area contributed by atoms with Gasteiger partial charge >= 0.3 is 6.09 Å². The van der Waals surface area contributed by atoms with Crippen molar-refractivity contribution in [1.29, 1.82) is 0 Å². The number of nitrogens with two attached hydrogens (primary N) is 1. The van der Waals surface area contributed by atoms with Crippen LogP contribution in [-0.2, 0) is 4.74 Å². The molecule has 140 valence electrons. The largest absolute Gasteiger partial charge is 0.443 e. The topological polar surface area (TPSA) is 68.5 Å². The highest BCUT2D eigenvalue weighted by Gasteiger charge is 2.33. The maximum Gasteiger partial charge on any atom is 0.415 e. The number of fused-ring (bicyclic) bond motifs is 1. The number of pyridine rings is 1. The van der Waals surface area contributed by atoms with E-state index in [2.05, 4.69) is 4.98 Å². The van der Waals surface area contributed by atoms with Gasteiger partial charge in [0.05, 0.1) is 10.7 Å². The van der Waals surface area contributed by atoms with E-state index in [9.17, 15) is 4.79 Å². The molecule has 0 spiro atoms. The van der Waals surface area contributed by atoms with Crippen molar-refractivity contribution >= 4 is 34.2 Å². The zero-order valence-corrected chi connectivity index (χ0v) is 16.3. The van der Waals surface area contributed by atoms with E-state index in [-0.39, 0.29) is 18.2 Å². The summed E-state index contributed by atoms with van der Waals surface area (Å²) in [5.41, 5.74) is 6.26. The van der Waals surface area contributed by atoms with Gasteiger partial charge in [0.25, 0.3) is 0 Å². The number of rotatable bonds is 2. The molecule has 2 N–H and O–H groups in total. The number of nitrogens with zero attached hydrogens (tertiary/aromatic N) is 2. The summed E-state index contributed by atoms with van der Waals surface area (Å²) >= 11 is 6.44. The summed E-state index contributed by atoms with van der Waals surface area (Å²) in [7, 11) is 0. The first-order chi connectivity index (χ1) is 12.3. The van der Waals surface area contributed by atoms with Gasteiger partial charge < -0.3 is 10.5 Å². The predicted molar refractivity (Wildman–Crippen MR) is 106 cm³/mol. The number of carbonyl (C=O) groups is 1. The second-order valence-electron chi connectivity index (χ2n) is 7.92. The Labute approximate surface area is 159 Å². The molecule has 6 heteroatoms. The lowest BCUT2D eigenvalue weighted by Gasteiger charge is -2.37. The fourth-order valence-corrected chi connectivity index (χ4v) is 3.75. The van der Waals surface area contributed by atoms with Crippen LogP contribution < -0.4 is 10.6 Å². The normalized spacial score (nSPS) is 20.8. The fourth-order valence-electron chi connectivity index (χ4n) is 3.49. The van der Waals surface area contributed by atoms with E-state index in [1.165, 1.54) is 0 Å². The number of aromatic nitrogens is 1. The standard InChI is InChI=1S/C20H26ClN3O2/c1-20(2,3)26-19(25)24(15-9-7-14(22)8-10-15)17-6-4-5-13-11-23-12-16(21)18(13)17/h4-6,11-12,14-15H,7-10,22H2,1-3H3. The van der Waals surface area contributed by atoms with E-state index < -0.39 is 5.60 Å². The quantitative estimate of drug-likeness (QED) is 0.810. The average Bonchev–Trinajstić information content (AvgIpc) is 2.55. The molecule has 1 aliphatic carbocycles. The molecule has 26 heavy (non-hydrogen) atoms. The van der Waals surface area contributed by atoms with Crippen molar-refractivity contribution in [3.63, 3.8) is 0 Å². The molecule has 0 atom stereocenters. The molecule has 1 amide bonds. The summed E-state index contributed by atoms with van der Waals surface area (Å²) in [4.78, 5) is 19.0. The molecule has 0 unspecified atom stereocenters. The van der Waals surface area contributed by atoms with E-state index in [4.69, 9.17) is 22.1 Å². The Balaban J connectivity index is 2.07. The van der Waals surface area contributed by atoms with Crippen LogP contribution in [0.1, 0.15) is 46.5 Å². The lowest BCUT2D eigenvalue weighted by Crippen LogP contribution is -2.46. The zero-order chi connectivity index (χ0) is 18.9. The van der Waals surface area contributed by atoms with E-state index >= 15 is 0 Å². The van der Waals surface area contributed by atoms with Gasteiger partial charge in [0, 0.05) is 35.2 Å². The molecule has 2 aromatic rings. The number of hydrogen-bond acceptors (Lipinski definition) is 4. The van der Waals surface area contributed by atoms with Crippen molar-refractivity contribution in [2.45, 2.75) is 64.1 Å². The van der Waals surface area contributed by atoms with Gasteiger partial charge in [-0.05, 0) is 52.5 Å². The smallest absolute Gasteiger partial charge is 0.415 e. The van der Waals surface area contributed by atoms with E-state index in [1.54, 1.807) is 17.3 Å². The number of ether oxygens (including phenoxy) is 1. The van der Waals surface area contributed by atoms with E-state index in [1.807, 2.05) is 39.0 Å². The number of anilines is 1. The van der Waals surface area contributed by atoms with Crippen LogP contribution in [0.5, 0.6) is 0 Å². The van der Waals surface area contributed by atoms with Crippen LogP contribution in [0, 0.1) is 0 Å². The minimum Gasteiger partial charge on any atom is -0.443 e. The summed E-state index contributed by atoms with van der Waals surface area (Å²) in [5, 5.41) is 2.25. The van der Waals surface area contributed by atoms with Crippen LogP contribution in [0.2, 0.25) is 5.02 Å². The summed E-state index contributed by atoms with van der Waals surface area (Å²) in [5.74, 6) is 0. The summed E-state index contributed by atoms with van der Waals surface area (Å²) in [6, 6.07) is 6.03. The number of amides is 1. The highest BCUT2D eigenvalue weighted by atomic mass is 35.5. The third kappa shape index (κ3) is 4.10. The SMILES string of the molecule is CC(C)(C)OC(=O)N(c1cccc2cncc(Cl)c12)C1CCC(N)CC1. The van der Waals surface area contributed by atoms with Crippen LogP contribution in [0.4, 0.5) is 10.5 Å². The first-order valence-corrected chi connectivity index (χ1v) is 9.44. The van der Waals surface area contributed by atoms with Gasteiger partial charge in [0.2, 0.25) is 0 Å². The Kier molecular flexibility index (Phi) is 5.39. The maximum atomic E-state index is 13.1. The Morgan fingerprint density at radius 3 is 2.58 bits per heavy atom. The Hall–Kier alpha value is -1.85. The second-order valence-corrected chi connectivity index (χ2v) is 8.32. The molecule has 0 bridgehead atoms. The van der Waals surface area contributed by atoms with Gasteiger partial charge in [-0.15, -0.1) is 0 Å². The maximum absolute atomic E-state index is 13.1. The molecule has 3 rings (SSSR count). The number of carbonyl (C=O) groups excluding carboxylic acids is 1. The first kappa shape index (κ1) is 18.9. The van der Waals surface area contributed by atoms with Crippen LogP contribution in [0.25, 0.3) is 10.8 Å². The van der Waals surface area contributed by atoms with Gasteiger partial charge in [0.1, 0.15) is 5.60 Å². The summed E-state index contributed by atoms with van der Waals surface area (Å²) < 4.78 is 5.72. The minimum atomic E-state index is -0.573. The predicted octanol–water partition coefficient (Wildman–Crippen LogP) is 4.90. The summed E-state index contributed by atoms with van der Waals surface area (Å²) in [6.45, 7) is 5.62. The average molecular weight is 376 g/mol. The van der Waals surface area contributed by atoms with Crippen molar-refractivity contribution in [1.82, 2.24) is 4.98 Å². The Morgan fingerprint density at radius 2 is 1.92 bits per heavy atom. The lowest BCUT2D eigenvalue weighted by molar-refractivity contribution is 0.0557. The third-order valence-electron chi connectivity index (χ3n) is 4.67. The minimum absolute atomic E-state index is 0.0412. The lowest BCUT2D eigenvalue weighted by atomic mass is 9.90. The molecule has 1 aliphatic rings. The Bertz CT molecular complexity index is 790. The van der Waals surface area contributed by atoms with E-state index in [0.29, 0.717) is 5.02 Å². The molecule has 0 saturated heterocycles. The van der Waals surface area contributed by atoms with E-state index in [0.717, 1.165) is 42.1 Å². The van der Waals surface area contributed by atoms with Crippen molar-refractivity contribution < 1.29 is 9.53 Å². The molecule has 0 radical (unpaired) electrons. The molecular formula is C20H26ClN3O2. The Morgan fingerprint density at radius 1 is 1.23 bits per heavy atom. The number of benzene rings is 1. The van der Waals surface area contributed by atoms with Crippen LogP contribution >= 0.6 is 11.6 Å². The molecule has 1 saturated carbocycles. The molecule has 0 aliphatic heterocycles. The zero-order valence-electron chi connectivity index (χ0n) is 15.5. The van der Waals surface area contributed by atoms with Crippen molar-refractivity contribution in [3.05, 3.63) is 35.6 Å². The van der Waals surface area contributed by atoms with Gasteiger partial charge in [0.15, 0.2) is 0 Å². The monoisotopic (exact) mass is 375 g/mol. The molecule has 5 nitrogen and oxygen atoms in total. The first-order valence-electron chi connectivity index (χ1n) is 9.06. The molecule has 1 aromatic carbocycles. The van der Waals surface area contributed by atoms with Crippen LogP contribution in [0.15, 0.2) is 30.6 Å². The van der Waals surface area contributed by atoms with Crippen LogP contribution in [-0.4, -0.2) is 28.8 Å². The van der Waals surface area contributed by atoms with Crippen molar-refractivity contribution in [2.75, 3.05) is 4.90 Å².